The SMILES string of the molecule is [C-]#[N+]Cc1ccc(Cl)c(CNC2CC2)c1. The van der Waals surface area contributed by atoms with E-state index in [1.165, 1.54) is 12.8 Å². The number of rotatable bonds is 4. The van der Waals surface area contributed by atoms with Crippen molar-refractivity contribution in [3.05, 3.63) is 45.8 Å². The van der Waals surface area contributed by atoms with E-state index < -0.39 is 0 Å². The summed E-state index contributed by atoms with van der Waals surface area (Å²) in [5.74, 6) is 0. The van der Waals surface area contributed by atoms with Gasteiger partial charge in [-0.3, -0.25) is 0 Å². The topological polar surface area (TPSA) is 16.4 Å². The van der Waals surface area contributed by atoms with Gasteiger partial charge in [0.2, 0.25) is 6.54 Å². The van der Waals surface area contributed by atoms with Gasteiger partial charge >= 0.3 is 0 Å². The first-order chi connectivity index (χ1) is 7.29. The molecule has 1 aliphatic rings. The smallest absolute Gasteiger partial charge is 0.239 e. The van der Waals surface area contributed by atoms with Gasteiger partial charge in [-0.05, 0) is 30.5 Å². The molecule has 15 heavy (non-hydrogen) atoms. The molecule has 1 aromatic rings. The van der Waals surface area contributed by atoms with Crippen LogP contribution in [0.4, 0.5) is 0 Å². The van der Waals surface area contributed by atoms with Crippen LogP contribution in [-0.2, 0) is 13.1 Å². The van der Waals surface area contributed by atoms with Crippen LogP contribution in [-0.4, -0.2) is 6.04 Å². The average Bonchev–Trinajstić information content (AvgIpc) is 3.03. The van der Waals surface area contributed by atoms with Crippen molar-refractivity contribution in [2.45, 2.75) is 32.0 Å². The number of benzene rings is 1. The summed E-state index contributed by atoms with van der Waals surface area (Å²) in [6, 6.07) is 6.51. The minimum atomic E-state index is 0.438. The number of nitrogens with zero attached hydrogens (tertiary/aromatic N) is 1. The Morgan fingerprint density at radius 1 is 1.47 bits per heavy atom. The molecule has 1 fully saturated rings. The van der Waals surface area contributed by atoms with Gasteiger partial charge in [0.25, 0.3) is 0 Å². The summed E-state index contributed by atoms with van der Waals surface area (Å²) in [6.45, 7) is 8.07. The minimum absolute atomic E-state index is 0.438. The van der Waals surface area contributed by atoms with Crippen LogP contribution < -0.4 is 5.32 Å². The zero-order valence-corrected chi connectivity index (χ0v) is 9.22. The lowest BCUT2D eigenvalue weighted by Gasteiger charge is -2.06. The second kappa shape index (κ2) is 4.65. The van der Waals surface area contributed by atoms with E-state index in [1.54, 1.807) is 0 Å². The minimum Gasteiger partial charge on any atom is -0.312 e. The van der Waals surface area contributed by atoms with Gasteiger partial charge in [0.1, 0.15) is 0 Å². The highest BCUT2D eigenvalue weighted by Crippen LogP contribution is 2.22. The van der Waals surface area contributed by atoms with Gasteiger partial charge < -0.3 is 10.2 Å². The molecule has 0 bridgehead atoms. The third-order valence-electron chi connectivity index (χ3n) is 2.53. The van der Waals surface area contributed by atoms with Gasteiger partial charge in [-0.15, -0.1) is 0 Å². The van der Waals surface area contributed by atoms with Crippen molar-refractivity contribution >= 4 is 11.6 Å². The Hall–Kier alpha value is -1.04. The van der Waals surface area contributed by atoms with Crippen molar-refractivity contribution in [2.24, 2.45) is 0 Å². The zero-order chi connectivity index (χ0) is 10.7. The molecule has 2 nitrogen and oxygen atoms in total. The fourth-order valence-corrected chi connectivity index (χ4v) is 1.68. The first-order valence-corrected chi connectivity index (χ1v) is 5.51. The normalized spacial score (nSPS) is 14.9. The molecule has 0 heterocycles. The average molecular weight is 221 g/mol. The van der Waals surface area contributed by atoms with E-state index in [0.29, 0.717) is 12.6 Å². The van der Waals surface area contributed by atoms with Crippen molar-refractivity contribution in [2.75, 3.05) is 0 Å². The Labute approximate surface area is 95.1 Å². The Balaban J connectivity index is 2.05. The van der Waals surface area contributed by atoms with Gasteiger partial charge in [-0.2, -0.15) is 0 Å². The highest BCUT2D eigenvalue weighted by molar-refractivity contribution is 6.31. The number of hydrogen-bond acceptors (Lipinski definition) is 1. The molecular weight excluding hydrogens is 208 g/mol. The Morgan fingerprint density at radius 3 is 2.93 bits per heavy atom. The van der Waals surface area contributed by atoms with Crippen molar-refractivity contribution in [1.29, 1.82) is 0 Å². The van der Waals surface area contributed by atoms with Crippen molar-refractivity contribution in [3.63, 3.8) is 0 Å². The molecule has 1 saturated carbocycles. The van der Waals surface area contributed by atoms with Crippen LogP contribution >= 0.6 is 11.6 Å². The number of nitrogens with one attached hydrogen (secondary N) is 1. The van der Waals surface area contributed by atoms with Crippen LogP contribution in [0.3, 0.4) is 0 Å². The lowest BCUT2D eigenvalue weighted by molar-refractivity contribution is 0.687. The molecule has 0 atom stereocenters. The second-order valence-corrected chi connectivity index (χ2v) is 4.30. The molecule has 0 radical (unpaired) electrons. The molecule has 0 saturated heterocycles. The summed E-state index contributed by atoms with van der Waals surface area (Å²) in [5.41, 5.74) is 2.15. The van der Waals surface area contributed by atoms with Gasteiger partial charge in [0.15, 0.2) is 0 Å². The molecule has 2 rings (SSSR count). The van der Waals surface area contributed by atoms with E-state index in [0.717, 1.165) is 22.7 Å². The van der Waals surface area contributed by atoms with E-state index in [4.69, 9.17) is 18.2 Å². The van der Waals surface area contributed by atoms with Crippen molar-refractivity contribution < 1.29 is 0 Å². The summed E-state index contributed by atoms with van der Waals surface area (Å²) in [4.78, 5) is 3.37. The predicted molar refractivity (Wildman–Crippen MR) is 61.6 cm³/mol. The summed E-state index contributed by atoms with van der Waals surface area (Å²) < 4.78 is 0. The van der Waals surface area contributed by atoms with Gasteiger partial charge in [-0.1, -0.05) is 17.7 Å². The summed E-state index contributed by atoms with van der Waals surface area (Å²) >= 11 is 6.08. The lowest BCUT2D eigenvalue weighted by atomic mass is 10.1. The Morgan fingerprint density at radius 2 is 2.27 bits per heavy atom. The molecule has 0 unspecified atom stereocenters. The van der Waals surface area contributed by atoms with E-state index >= 15 is 0 Å². The number of hydrogen-bond donors (Lipinski definition) is 1. The molecule has 1 aliphatic carbocycles. The van der Waals surface area contributed by atoms with Crippen molar-refractivity contribution in [1.82, 2.24) is 5.32 Å². The Bertz CT molecular complexity index is 391. The van der Waals surface area contributed by atoms with Crippen molar-refractivity contribution in [3.8, 4) is 0 Å². The third-order valence-corrected chi connectivity index (χ3v) is 2.90. The third kappa shape index (κ3) is 2.95. The number of halogens is 1. The first-order valence-electron chi connectivity index (χ1n) is 5.13. The standard InChI is InChI=1S/C12H13ClN2/c1-14-7-9-2-5-12(13)10(6-9)8-15-11-3-4-11/h2,5-6,11,15H,3-4,7-8H2. The fourth-order valence-electron chi connectivity index (χ4n) is 1.49. The van der Waals surface area contributed by atoms with Crippen LogP contribution in [0.2, 0.25) is 5.02 Å². The second-order valence-electron chi connectivity index (χ2n) is 3.90. The van der Waals surface area contributed by atoms with Crippen LogP contribution in [0, 0.1) is 6.57 Å². The fraction of sp³-hybridized carbons (Fsp3) is 0.417. The molecular formula is C12H13ClN2. The van der Waals surface area contributed by atoms with E-state index in [9.17, 15) is 0 Å². The Kier molecular flexibility index (Phi) is 3.25. The molecule has 3 heteroatoms. The zero-order valence-electron chi connectivity index (χ0n) is 8.46. The highest BCUT2D eigenvalue weighted by atomic mass is 35.5. The maximum absolute atomic E-state index is 6.82. The van der Waals surface area contributed by atoms with E-state index in [2.05, 4.69) is 10.2 Å². The molecule has 0 spiro atoms. The predicted octanol–water partition coefficient (Wildman–Crippen LogP) is 3.01. The van der Waals surface area contributed by atoms with E-state index in [-0.39, 0.29) is 0 Å². The lowest BCUT2D eigenvalue weighted by Crippen LogP contribution is -2.15. The summed E-state index contributed by atoms with van der Waals surface area (Å²) in [5, 5.41) is 4.21. The monoisotopic (exact) mass is 220 g/mol. The van der Waals surface area contributed by atoms with Gasteiger partial charge in [0, 0.05) is 23.2 Å². The van der Waals surface area contributed by atoms with Gasteiger partial charge in [0.05, 0.1) is 0 Å². The van der Waals surface area contributed by atoms with Crippen LogP contribution in [0.15, 0.2) is 18.2 Å². The molecule has 1 N–H and O–H groups in total. The first kappa shape index (κ1) is 10.5. The maximum Gasteiger partial charge on any atom is 0.239 e. The maximum atomic E-state index is 6.82. The quantitative estimate of drug-likeness (QED) is 0.772. The molecule has 1 aromatic carbocycles. The molecule has 0 aliphatic heterocycles. The van der Waals surface area contributed by atoms with Crippen LogP contribution in [0.25, 0.3) is 4.85 Å². The van der Waals surface area contributed by atoms with Gasteiger partial charge in [-0.25, -0.2) is 6.57 Å². The van der Waals surface area contributed by atoms with Crippen LogP contribution in [0.5, 0.6) is 0 Å². The largest absolute Gasteiger partial charge is 0.312 e. The van der Waals surface area contributed by atoms with Crippen LogP contribution in [0.1, 0.15) is 24.0 Å². The summed E-state index contributed by atoms with van der Waals surface area (Å²) in [7, 11) is 0. The highest BCUT2D eigenvalue weighted by Gasteiger charge is 2.20. The molecule has 0 amide bonds. The summed E-state index contributed by atoms with van der Waals surface area (Å²) in [6.07, 6.45) is 2.55. The van der Waals surface area contributed by atoms with E-state index in [1.807, 2.05) is 18.2 Å². The molecule has 78 valence electrons. The molecule has 0 aromatic heterocycles.